The molecule has 1 aromatic heterocycles. The average molecular weight is 213 g/mol. The van der Waals surface area contributed by atoms with Gasteiger partial charge >= 0.3 is 0 Å². The summed E-state index contributed by atoms with van der Waals surface area (Å²) in [4.78, 5) is 0. The molecule has 0 saturated carbocycles. The lowest BCUT2D eigenvalue weighted by Gasteiger charge is -2.11. The van der Waals surface area contributed by atoms with E-state index in [1.54, 1.807) is 0 Å². The minimum absolute atomic E-state index is 0.324. The molecule has 0 aliphatic carbocycles. The zero-order valence-corrected chi connectivity index (χ0v) is 9.14. The van der Waals surface area contributed by atoms with Gasteiger partial charge in [0.05, 0.1) is 12.6 Å². The summed E-state index contributed by atoms with van der Waals surface area (Å²) < 4.78 is 8.32. The number of H-pyrrole nitrogens is 1. The molecule has 1 aromatic rings. The van der Waals surface area contributed by atoms with Gasteiger partial charge < -0.3 is 9.30 Å². The number of hydrogen-bond donors (Lipinski definition) is 1. The third kappa shape index (κ3) is 1.88. The maximum atomic E-state index is 5.57. The molecule has 0 amide bonds. The van der Waals surface area contributed by atoms with Gasteiger partial charge in [0.15, 0.2) is 4.77 Å². The molecular formula is C9H15N3OS. The van der Waals surface area contributed by atoms with Gasteiger partial charge in [0.1, 0.15) is 5.82 Å². The molecule has 1 N–H and O–H groups in total. The highest BCUT2D eigenvalue weighted by Crippen LogP contribution is 2.14. The molecule has 1 atom stereocenters. The van der Waals surface area contributed by atoms with Gasteiger partial charge in [-0.25, -0.2) is 0 Å². The SMILES string of the molecule is CCc1n[nH]c(=S)n1C[C@H]1CCCO1. The van der Waals surface area contributed by atoms with Gasteiger partial charge in [0.2, 0.25) is 0 Å². The van der Waals surface area contributed by atoms with E-state index in [4.69, 9.17) is 17.0 Å². The van der Waals surface area contributed by atoms with E-state index in [0.717, 1.165) is 38.2 Å². The second kappa shape index (κ2) is 4.23. The lowest BCUT2D eigenvalue weighted by atomic mass is 10.2. The summed E-state index contributed by atoms with van der Waals surface area (Å²) in [7, 11) is 0. The van der Waals surface area contributed by atoms with Crippen molar-refractivity contribution in [1.82, 2.24) is 14.8 Å². The van der Waals surface area contributed by atoms with E-state index in [9.17, 15) is 0 Å². The number of aromatic amines is 1. The first-order valence-corrected chi connectivity index (χ1v) is 5.47. The summed E-state index contributed by atoms with van der Waals surface area (Å²) >= 11 is 5.16. The molecule has 0 spiro atoms. The molecule has 1 saturated heterocycles. The second-order valence-corrected chi connectivity index (χ2v) is 3.93. The maximum absolute atomic E-state index is 5.57. The van der Waals surface area contributed by atoms with Gasteiger partial charge in [0.25, 0.3) is 0 Å². The van der Waals surface area contributed by atoms with Crippen molar-refractivity contribution in [1.29, 1.82) is 0 Å². The van der Waals surface area contributed by atoms with Crippen LogP contribution in [0.3, 0.4) is 0 Å². The van der Waals surface area contributed by atoms with Crippen LogP contribution in [0.4, 0.5) is 0 Å². The van der Waals surface area contributed by atoms with Crippen molar-refractivity contribution in [3.63, 3.8) is 0 Å². The Morgan fingerprint density at radius 3 is 3.21 bits per heavy atom. The van der Waals surface area contributed by atoms with Crippen molar-refractivity contribution >= 4 is 12.2 Å². The minimum Gasteiger partial charge on any atom is -0.376 e. The Hall–Kier alpha value is -0.680. The lowest BCUT2D eigenvalue weighted by Crippen LogP contribution is -2.16. The number of nitrogens with zero attached hydrogens (tertiary/aromatic N) is 2. The number of hydrogen-bond acceptors (Lipinski definition) is 3. The first-order valence-electron chi connectivity index (χ1n) is 5.07. The van der Waals surface area contributed by atoms with Crippen LogP contribution >= 0.6 is 12.2 Å². The number of ether oxygens (including phenoxy) is 1. The zero-order valence-electron chi connectivity index (χ0n) is 8.32. The van der Waals surface area contributed by atoms with E-state index < -0.39 is 0 Å². The molecule has 0 bridgehead atoms. The number of rotatable bonds is 3. The lowest BCUT2D eigenvalue weighted by molar-refractivity contribution is 0.0959. The third-order valence-electron chi connectivity index (χ3n) is 2.56. The first-order chi connectivity index (χ1) is 6.81. The summed E-state index contributed by atoms with van der Waals surface area (Å²) in [5, 5.41) is 6.99. The van der Waals surface area contributed by atoms with Crippen LogP contribution in [0.2, 0.25) is 0 Å². The molecule has 4 nitrogen and oxygen atoms in total. The Labute approximate surface area is 88.3 Å². The van der Waals surface area contributed by atoms with Crippen LogP contribution in [0.1, 0.15) is 25.6 Å². The first kappa shape index (κ1) is 9.86. The van der Waals surface area contributed by atoms with Crippen molar-refractivity contribution in [3.8, 4) is 0 Å². The smallest absolute Gasteiger partial charge is 0.195 e. The van der Waals surface area contributed by atoms with Crippen LogP contribution in [0.5, 0.6) is 0 Å². The van der Waals surface area contributed by atoms with Crippen LogP contribution in [-0.2, 0) is 17.7 Å². The summed E-state index contributed by atoms with van der Waals surface area (Å²) in [6, 6.07) is 0. The van der Waals surface area contributed by atoms with E-state index in [1.807, 2.05) is 4.57 Å². The van der Waals surface area contributed by atoms with Crippen LogP contribution in [0.25, 0.3) is 0 Å². The Balaban J connectivity index is 2.13. The quantitative estimate of drug-likeness (QED) is 0.777. The predicted molar refractivity (Wildman–Crippen MR) is 55.8 cm³/mol. The summed E-state index contributed by atoms with van der Waals surface area (Å²) in [6.07, 6.45) is 3.53. The van der Waals surface area contributed by atoms with Crippen LogP contribution in [0, 0.1) is 4.77 Å². The molecule has 0 aromatic carbocycles. The van der Waals surface area contributed by atoms with Crippen LogP contribution in [0.15, 0.2) is 0 Å². The Bertz CT molecular complexity index is 351. The fourth-order valence-electron chi connectivity index (χ4n) is 1.80. The molecular weight excluding hydrogens is 198 g/mol. The van der Waals surface area contributed by atoms with Crippen molar-refractivity contribution in [2.45, 2.75) is 38.8 Å². The number of aromatic nitrogens is 3. The molecule has 78 valence electrons. The second-order valence-electron chi connectivity index (χ2n) is 3.54. The van der Waals surface area contributed by atoms with Crippen molar-refractivity contribution < 1.29 is 4.74 Å². The Morgan fingerprint density at radius 1 is 1.71 bits per heavy atom. The molecule has 14 heavy (non-hydrogen) atoms. The van der Waals surface area contributed by atoms with E-state index in [-0.39, 0.29) is 0 Å². The number of nitrogens with one attached hydrogen (secondary N) is 1. The van der Waals surface area contributed by atoms with E-state index in [0.29, 0.717) is 10.9 Å². The Kier molecular flexibility index (Phi) is 2.98. The van der Waals surface area contributed by atoms with E-state index in [2.05, 4.69) is 17.1 Å². The molecule has 1 aliphatic heterocycles. The minimum atomic E-state index is 0.324. The Morgan fingerprint density at radius 2 is 2.57 bits per heavy atom. The number of aryl methyl sites for hydroxylation is 1. The van der Waals surface area contributed by atoms with E-state index >= 15 is 0 Å². The van der Waals surface area contributed by atoms with Gasteiger partial charge in [-0.3, -0.25) is 5.10 Å². The van der Waals surface area contributed by atoms with Crippen LogP contribution < -0.4 is 0 Å². The molecule has 0 unspecified atom stereocenters. The molecule has 1 fully saturated rings. The fourth-order valence-corrected chi connectivity index (χ4v) is 2.03. The van der Waals surface area contributed by atoms with Gasteiger partial charge in [-0.15, -0.1) is 0 Å². The summed E-state index contributed by atoms with van der Waals surface area (Å²) in [5.41, 5.74) is 0. The van der Waals surface area contributed by atoms with Gasteiger partial charge in [0, 0.05) is 13.0 Å². The predicted octanol–water partition coefficient (Wildman–Crippen LogP) is 1.68. The molecule has 1 aliphatic rings. The largest absolute Gasteiger partial charge is 0.376 e. The zero-order chi connectivity index (χ0) is 9.97. The van der Waals surface area contributed by atoms with Gasteiger partial charge in [-0.05, 0) is 25.1 Å². The molecule has 2 rings (SSSR count). The average Bonchev–Trinajstić information content (AvgIpc) is 2.79. The van der Waals surface area contributed by atoms with Crippen molar-refractivity contribution in [2.75, 3.05) is 6.61 Å². The monoisotopic (exact) mass is 213 g/mol. The third-order valence-corrected chi connectivity index (χ3v) is 2.88. The van der Waals surface area contributed by atoms with Crippen molar-refractivity contribution in [2.24, 2.45) is 0 Å². The van der Waals surface area contributed by atoms with Crippen molar-refractivity contribution in [3.05, 3.63) is 10.6 Å². The highest BCUT2D eigenvalue weighted by molar-refractivity contribution is 7.71. The molecule has 0 radical (unpaired) electrons. The standard InChI is InChI=1S/C9H15N3OS/c1-2-8-10-11-9(14)12(8)6-7-4-3-5-13-7/h7H,2-6H2,1H3,(H,11,14)/t7-/m1/s1. The maximum Gasteiger partial charge on any atom is 0.195 e. The summed E-state index contributed by atoms with van der Waals surface area (Å²) in [5.74, 6) is 1.02. The molecule has 2 heterocycles. The molecule has 5 heteroatoms. The summed E-state index contributed by atoms with van der Waals surface area (Å²) in [6.45, 7) is 3.81. The van der Waals surface area contributed by atoms with Crippen LogP contribution in [-0.4, -0.2) is 27.5 Å². The highest BCUT2D eigenvalue weighted by atomic mass is 32.1. The fraction of sp³-hybridized carbons (Fsp3) is 0.778. The van der Waals surface area contributed by atoms with Gasteiger partial charge in [-0.1, -0.05) is 6.92 Å². The normalized spacial score (nSPS) is 21.6. The van der Waals surface area contributed by atoms with E-state index in [1.165, 1.54) is 0 Å². The topological polar surface area (TPSA) is 42.8 Å². The van der Waals surface area contributed by atoms with Gasteiger partial charge in [-0.2, -0.15) is 5.10 Å². The highest BCUT2D eigenvalue weighted by Gasteiger charge is 2.17.